The van der Waals surface area contributed by atoms with Crippen LogP contribution in [-0.2, 0) is 14.4 Å². The first-order chi connectivity index (χ1) is 11.0. The zero-order valence-electron chi connectivity index (χ0n) is 12.5. The van der Waals surface area contributed by atoms with Crippen LogP contribution < -0.4 is 10.6 Å². The first kappa shape index (κ1) is 19.0. The van der Waals surface area contributed by atoms with E-state index < -0.39 is 5.97 Å². The lowest BCUT2D eigenvalue weighted by Gasteiger charge is -2.05. The van der Waals surface area contributed by atoms with Crippen molar-refractivity contribution in [3.63, 3.8) is 0 Å². The van der Waals surface area contributed by atoms with Gasteiger partial charge in [0.15, 0.2) is 0 Å². The van der Waals surface area contributed by atoms with Gasteiger partial charge in [-0.2, -0.15) is 11.8 Å². The molecule has 0 aliphatic rings. The number of rotatable bonds is 10. The van der Waals surface area contributed by atoms with Crippen LogP contribution in [0.1, 0.15) is 19.3 Å². The highest BCUT2D eigenvalue weighted by molar-refractivity contribution is 7.99. The summed E-state index contributed by atoms with van der Waals surface area (Å²) in [6.45, 7) is 0.126. The van der Waals surface area contributed by atoms with Gasteiger partial charge in [0, 0.05) is 18.7 Å². The first-order valence-corrected chi connectivity index (χ1v) is 8.24. The third-order valence-corrected chi connectivity index (χ3v) is 3.76. The van der Waals surface area contributed by atoms with E-state index in [0.29, 0.717) is 24.3 Å². The molecule has 0 spiro atoms. The molecule has 0 saturated heterocycles. The van der Waals surface area contributed by atoms with Crippen LogP contribution in [0.5, 0.6) is 0 Å². The molecule has 0 aromatic heterocycles. The molecular formula is C15H19FN2O4S. The fourth-order valence-corrected chi connectivity index (χ4v) is 2.38. The minimum absolute atomic E-state index is 0.0932. The SMILES string of the molecule is O=C(O)CCNC(=O)CCCSCC(=O)Nc1ccc(F)cc1. The Balaban J connectivity index is 2.05. The minimum atomic E-state index is -0.951. The van der Waals surface area contributed by atoms with E-state index >= 15 is 0 Å². The number of amides is 2. The topological polar surface area (TPSA) is 95.5 Å². The molecule has 1 aromatic carbocycles. The molecule has 1 rings (SSSR count). The molecular weight excluding hydrogens is 323 g/mol. The Morgan fingerprint density at radius 2 is 1.78 bits per heavy atom. The maximum Gasteiger partial charge on any atom is 0.305 e. The highest BCUT2D eigenvalue weighted by Crippen LogP contribution is 2.10. The molecule has 1 aromatic rings. The van der Waals surface area contributed by atoms with Gasteiger partial charge < -0.3 is 15.7 Å². The zero-order valence-corrected chi connectivity index (χ0v) is 13.3. The molecule has 126 valence electrons. The quantitative estimate of drug-likeness (QED) is 0.564. The van der Waals surface area contributed by atoms with Gasteiger partial charge in [0.25, 0.3) is 0 Å². The van der Waals surface area contributed by atoms with Crippen molar-refractivity contribution in [3.8, 4) is 0 Å². The molecule has 8 heteroatoms. The fourth-order valence-electron chi connectivity index (χ4n) is 1.63. The molecule has 0 aliphatic heterocycles. The number of carbonyl (C=O) groups excluding carboxylic acids is 2. The number of carboxylic acids is 1. The molecule has 0 aliphatic carbocycles. The number of thioether (sulfide) groups is 1. The number of carbonyl (C=O) groups is 3. The number of carboxylic acid groups (broad SMARTS) is 1. The first-order valence-electron chi connectivity index (χ1n) is 7.09. The third kappa shape index (κ3) is 9.51. The van der Waals surface area contributed by atoms with Crippen molar-refractivity contribution < 1.29 is 23.9 Å². The summed E-state index contributed by atoms with van der Waals surface area (Å²) in [5.41, 5.74) is 0.537. The van der Waals surface area contributed by atoms with Crippen LogP contribution in [0.15, 0.2) is 24.3 Å². The van der Waals surface area contributed by atoms with Crippen LogP contribution in [0.3, 0.4) is 0 Å². The number of benzene rings is 1. The standard InChI is InChI=1S/C15H19FN2O4S/c16-11-3-5-12(6-4-11)18-14(20)10-23-9-1-2-13(19)17-8-7-15(21)22/h3-6H,1-2,7-10H2,(H,17,19)(H,18,20)(H,21,22). The number of aliphatic carboxylic acids is 1. The Kier molecular flexibility index (Phi) is 8.74. The van der Waals surface area contributed by atoms with Crippen molar-refractivity contribution >= 4 is 35.2 Å². The summed E-state index contributed by atoms with van der Waals surface area (Å²) in [6.07, 6.45) is 0.809. The molecule has 0 atom stereocenters. The monoisotopic (exact) mass is 342 g/mol. The third-order valence-electron chi connectivity index (χ3n) is 2.71. The van der Waals surface area contributed by atoms with Crippen LogP contribution in [-0.4, -0.2) is 40.9 Å². The molecule has 0 heterocycles. The number of nitrogens with one attached hydrogen (secondary N) is 2. The maximum absolute atomic E-state index is 12.7. The molecule has 6 nitrogen and oxygen atoms in total. The van der Waals surface area contributed by atoms with Gasteiger partial charge in [-0.1, -0.05) is 0 Å². The van der Waals surface area contributed by atoms with E-state index in [1.165, 1.54) is 36.0 Å². The highest BCUT2D eigenvalue weighted by Gasteiger charge is 2.05. The van der Waals surface area contributed by atoms with Crippen molar-refractivity contribution in [3.05, 3.63) is 30.1 Å². The Labute approximate surface area is 137 Å². The molecule has 0 unspecified atom stereocenters. The van der Waals surface area contributed by atoms with E-state index in [0.717, 1.165) is 0 Å². The Morgan fingerprint density at radius 3 is 2.43 bits per heavy atom. The molecule has 0 fully saturated rings. The van der Waals surface area contributed by atoms with Crippen molar-refractivity contribution in [2.24, 2.45) is 0 Å². The van der Waals surface area contributed by atoms with Crippen molar-refractivity contribution in [2.45, 2.75) is 19.3 Å². The van der Waals surface area contributed by atoms with E-state index in [1.807, 2.05) is 0 Å². The van der Waals surface area contributed by atoms with Crippen LogP contribution in [0, 0.1) is 5.82 Å². The normalized spacial score (nSPS) is 10.1. The number of anilines is 1. The van der Waals surface area contributed by atoms with Gasteiger partial charge in [-0.05, 0) is 36.4 Å². The van der Waals surface area contributed by atoms with Gasteiger partial charge in [-0.3, -0.25) is 14.4 Å². The maximum atomic E-state index is 12.7. The van der Waals surface area contributed by atoms with Gasteiger partial charge in [0.1, 0.15) is 5.82 Å². The van der Waals surface area contributed by atoms with E-state index in [1.54, 1.807) is 0 Å². The predicted molar refractivity (Wildman–Crippen MR) is 86.9 cm³/mol. The van der Waals surface area contributed by atoms with Crippen molar-refractivity contribution in [1.29, 1.82) is 0 Å². The summed E-state index contributed by atoms with van der Waals surface area (Å²) in [5.74, 6) is -0.802. The summed E-state index contributed by atoms with van der Waals surface area (Å²) < 4.78 is 12.7. The second-order valence-electron chi connectivity index (χ2n) is 4.70. The van der Waals surface area contributed by atoms with Crippen molar-refractivity contribution in [2.75, 3.05) is 23.4 Å². The van der Waals surface area contributed by atoms with Crippen LogP contribution in [0.25, 0.3) is 0 Å². The van der Waals surface area contributed by atoms with Gasteiger partial charge in [0.05, 0.1) is 12.2 Å². The second kappa shape index (κ2) is 10.6. The lowest BCUT2D eigenvalue weighted by Crippen LogP contribution is -2.25. The number of halogens is 1. The Morgan fingerprint density at radius 1 is 1.09 bits per heavy atom. The predicted octanol–water partition coefficient (Wildman–Crippen LogP) is 1.87. The molecule has 3 N–H and O–H groups in total. The Hall–Kier alpha value is -2.09. The molecule has 2 amide bonds. The smallest absolute Gasteiger partial charge is 0.305 e. The Bertz CT molecular complexity index is 537. The number of hydrogen-bond acceptors (Lipinski definition) is 4. The highest BCUT2D eigenvalue weighted by atomic mass is 32.2. The van der Waals surface area contributed by atoms with E-state index in [9.17, 15) is 18.8 Å². The minimum Gasteiger partial charge on any atom is -0.481 e. The second-order valence-corrected chi connectivity index (χ2v) is 5.81. The van der Waals surface area contributed by atoms with Crippen molar-refractivity contribution in [1.82, 2.24) is 5.32 Å². The lowest BCUT2D eigenvalue weighted by atomic mass is 10.3. The zero-order chi connectivity index (χ0) is 17.1. The van der Waals surface area contributed by atoms with Gasteiger partial charge >= 0.3 is 5.97 Å². The average Bonchev–Trinajstić information content (AvgIpc) is 2.49. The molecule has 0 saturated carbocycles. The molecule has 0 bridgehead atoms. The summed E-state index contributed by atoms with van der Waals surface area (Å²) in [5, 5.41) is 13.6. The van der Waals surface area contributed by atoms with Gasteiger partial charge in [-0.15, -0.1) is 0 Å². The summed E-state index contributed by atoms with van der Waals surface area (Å²) in [6, 6.07) is 5.51. The largest absolute Gasteiger partial charge is 0.481 e. The summed E-state index contributed by atoms with van der Waals surface area (Å²) in [4.78, 5) is 33.3. The fraction of sp³-hybridized carbons (Fsp3) is 0.400. The van der Waals surface area contributed by atoms with Gasteiger partial charge in [-0.25, -0.2) is 4.39 Å². The summed E-state index contributed by atoms with van der Waals surface area (Å²) in [7, 11) is 0. The van der Waals surface area contributed by atoms with Crippen LogP contribution in [0.2, 0.25) is 0 Å². The lowest BCUT2D eigenvalue weighted by molar-refractivity contribution is -0.137. The average molecular weight is 342 g/mol. The van der Waals surface area contributed by atoms with Crippen LogP contribution >= 0.6 is 11.8 Å². The van der Waals surface area contributed by atoms with E-state index in [2.05, 4.69) is 10.6 Å². The molecule has 23 heavy (non-hydrogen) atoms. The van der Waals surface area contributed by atoms with Crippen LogP contribution in [0.4, 0.5) is 10.1 Å². The van der Waals surface area contributed by atoms with E-state index in [-0.39, 0.29) is 36.4 Å². The number of hydrogen-bond donors (Lipinski definition) is 3. The van der Waals surface area contributed by atoms with Gasteiger partial charge in [0.2, 0.25) is 11.8 Å². The van der Waals surface area contributed by atoms with E-state index in [4.69, 9.17) is 5.11 Å². The molecule has 0 radical (unpaired) electrons. The summed E-state index contributed by atoms with van der Waals surface area (Å²) >= 11 is 1.39.